The van der Waals surface area contributed by atoms with Gasteiger partial charge in [0, 0.05) is 26.3 Å². The second-order valence-corrected chi connectivity index (χ2v) is 7.57. The van der Waals surface area contributed by atoms with Crippen LogP contribution in [0.15, 0.2) is 48.5 Å². The molecule has 0 aromatic heterocycles. The number of para-hydroxylation sites is 1. The van der Waals surface area contributed by atoms with Crippen molar-refractivity contribution in [1.82, 2.24) is 10.2 Å². The van der Waals surface area contributed by atoms with Gasteiger partial charge in [0.1, 0.15) is 6.07 Å². The third-order valence-corrected chi connectivity index (χ3v) is 5.33. The number of nitriles is 1. The molecule has 0 aliphatic carbocycles. The van der Waals surface area contributed by atoms with E-state index in [-0.39, 0.29) is 6.04 Å². The van der Waals surface area contributed by atoms with Gasteiger partial charge in [-0.05, 0) is 55.8 Å². The number of carbonyl (C=O) groups is 2. The number of benzene rings is 2. The molecule has 1 fully saturated rings. The van der Waals surface area contributed by atoms with E-state index >= 15 is 0 Å². The molecule has 3 rings (SSSR count). The Bertz CT molecular complexity index is 927. The fourth-order valence-corrected chi connectivity index (χ4v) is 3.64. The highest BCUT2D eigenvalue weighted by molar-refractivity contribution is 6.39. The molecule has 2 amide bonds. The van der Waals surface area contributed by atoms with E-state index in [9.17, 15) is 9.59 Å². The number of hydrogen-bond donors (Lipinski definition) is 2. The average Bonchev–Trinajstić information content (AvgIpc) is 3.29. The smallest absolute Gasteiger partial charge is 0.313 e. The first-order valence-electron chi connectivity index (χ1n) is 10.1. The molecule has 0 saturated carbocycles. The number of likely N-dealkylation sites (tertiary alicyclic amines) is 1. The lowest BCUT2D eigenvalue weighted by molar-refractivity contribution is -0.136. The molecular weight excluding hydrogens is 378 g/mol. The Morgan fingerprint density at radius 3 is 2.37 bits per heavy atom. The molecule has 30 heavy (non-hydrogen) atoms. The molecule has 1 atom stereocenters. The maximum atomic E-state index is 12.4. The number of carbonyl (C=O) groups excluding carboxylic acids is 2. The zero-order valence-electron chi connectivity index (χ0n) is 17.4. The Hall–Kier alpha value is -3.37. The highest BCUT2D eigenvalue weighted by Crippen LogP contribution is 2.26. The molecular formula is C23H27N5O2. The van der Waals surface area contributed by atoms with Gasteiger partial charge in [-0.1, -0.05) is 24.3 Å². The van der Waals surface area contributed by atoms with E-state index in [4.69, 9.17) is 5.26 Å². The van der Waals surface area contributed by atoms with Crippen LogP contribution in [0.5, 0.6) is 0 Å². The molecule has 0 spiro atoms. The maximum absolute atomic E-state index is 12.4. The first-order chi connectivity index (χ1) is 14.5. The van der Waals surface area contributed by atoms with Gasteiger partial charge in [0.15, 0.2) is 0 Å². The predicted octanol–water partition coefficient (Wildman–Crippen LogP) is 2.52. The van der Waals surface area contributed by atoms with Gasteiger partial charge in [-0.25, -0.2) is 0 Å². The number of nitrogens with zero attached hydrogens (tertiary/aromatic N) is 3. The van der Waals surface area contributed by atoms with E-state index in [1.807, 2.05) is 25.1 Å². The van der Waals surface area contributed by atoms with E-state index in [0.29, 0.717) is 17.8 Å². The molecule has 7 nitrogen and oxygen atoms in total. The highest BCUT2D eigenvalue weighted by Gasteiger charge is 2.25. The Morgan fingerprint density at radius 1 is 1.07 bits per heavy atom. The van der Waals surface area contributed by atoms with Crippen LogP contribution >= 0.6 is 0 Å². The zero-order chi connectivity index (χ0) is 21.5. The summed E-state index contributed by atoms with van der Waals surface area (Å²) >= 11 is 0. The lowest BCUT2D eigenvalue weighted by Gasteiger charge is -2.28. The predicted molar refractivity (Wildman–Crippen MR) is 117 cm³/mol. The van der Waals surface area contributed by atoms with Crippen LogP contribution in [0.2, 0.25) is 0 Å². The van der Waals surface area contributed by atoms with Crippen molar-refractivity contribution in [2.24, 2.45) is 0 Å². The van der Waals surface area contributed by atoms with Crippen molar-refractivity contribution in [1.29, 1.82) is 5.26 Å². The Balaban J connectivity index is 1.66. The molecule has 2 aromatic rings. The molecule has 1 aliphatic rings. The molecule has 1 saturated heterocycles. The SMILES string of the molecule is CN(C)c1ccc(C(CNC(=O)C(=O)Nc2ccccc2C#N)N2CCCC2)cc1. The van der Waals surface area contributed by atoms with E-state index in [1.54, 1.807) is 24.3 Å². The lowest BCUT2D eigenvalue weighted by Crippen LogP contribution is -2.41. The van der Waals surface area contributed by atoms with Gasteiger partial charge in [0.05, 0.1) is 17.3 Å². The molecule has 7 heteroatoms. The summed E-state index contributed by atoms with van der Waals surface area (Å²) < 4.78 is 0. The fourth-order valence-electron chi connectivity index (χ4n) is 3.64. The summed E-state index contributed by atoms with van der Waals surface area (Å²) in [4.78, 5) is 29.1. The number of amides is 2. The average molecular weight is 406 g/mol. The zero-order valence-corrected chi connectivity index (χ0v) is 17.4. The minimum absolute atomic E-state index is 0.00635. The minimum Gasteiger partial charge on any atom is -0.378 e. The molecule has 0 bridgehead atoms. The van der Waals surface area contributed by atoms with Crippen LogP contribution in [0.4, 0.5) is 11.4 Å². The van der Waals surface area contributed by atoms with E-state index in [2.05, 4.69) is 39.8 Å². The summed E-state index contributed by atoms with van der Waals surface area (Å²) in [5, 5.41) is 14.4. The normalized spacial score (nSPS) is 14.6. The van der Waals surface area contributed by atoms with E-state index in [0.717, 1.165) is 37.2 Å². The van der Waals surface area contributed by atoms with Crippen LogP contribution < -0.4 is 15.5 Å². The molecule has 1 aliphatic heterocycles. The summed E-state index contributed by atoms with van der Waals surface area (Å²) in [6.07, 6.45) is 2.26. The summed E-state index contributed by atoms with van der Waals surface area (Å²) in [7, 11) is 3.99. The van der Waals surface area contributed by atoms with Crippen molar-refractivity contribution in [2.45, 2.75) is 18.9 Å². The number of anilines is 2. The topological polar surface area (TPSA) is 88.5 Å². The summed E-state index contributed by atoms with van der Waals surface area (Å²) in [5.41, 5.74) is 2.86. The van der Waals surface area contributed by atoms with Crippen molar-refractivity contribution in [3.8, 4) is 6.07 Å². The summed E-state index contributed by atoms with van der Waals surface area (Å²) in [6.45, 7) is 2.28. The lowest BCUT2D eigenvalue weighted by atomic mass is 10.0. The van der Waals surface area contributed by atoms with Gasteiger partial charge in [0.25, 0.3) is 0 Å². The molecule has 0 radical (unpaired) electrons. The second kappa shape index (κ2) is 9.90. The van der Waals surface area contributed by atoms with Crippen molar-refractivity contribution < 1.29 is 9.59 Å². The van der Waals surface area contributed by atoms with Crippen LogP contribution in [0.25, 0.3) is 0 Å². The first-order valence-corrected chi connectivity index (χ1v) is 10.1. The van der Waals surface area contributed by atoms with Gasteiger partial charge in [-0.3, -0.25) is 14.5 Å². The van der Waals surface area contributed by atoms with E-state index < -0.39 is 11.8 Å². The Kier molecular flexibility index (Phi) is 7.04. The van der Waals surface area contributed by atoms with Crippen LogP contribution in [0, 0.1) is 11.3 Å². The van der Waals surface area contributed by atoms with Gasteiger partial charge in [-0.2, -0.15) is 5.26 Å². The van der Waals surface area contributed by atoms with Crippen LogP contribution in [-0.2, 0) is 9.59 Å². The standard InChI is InChI=1S/C23H27N5O2/c1-27(2)19-11-9-17(10-12-19)21(28-13-5-6-14-28)16-25-22(29)23(30)26-20-8-4-3-7-18(20)15-24/h3-4,7-12,21H,5-6,13-14,16H2,1-2H3,(H,25,29)(H,26,30). The fraction of sp³-hybridized carbons (Fsp3) is 0.348. The summed E-state index contributed by atoms with van der Waals surface area (Å²) in [6, 6.07) is 16.9. The summed E-state index contributed by atoms with van der Waals surface area (Å²) in [5.74, 6) is -1.49. The van der Waals surface area contributed by atoms with Gasteiger partial charge in [-0.15, -0.1) is 0 Å². The van der Waals surface area contributed by atoms with Gasteiger partial charge >= 0.3 is 11.8 Å². The van der Waals surface area contributed by atoms with Crippen LogP contribution in [0.3, 0.4) is 0 Å². The van der Waals surface area contributed by atoms with Crippen molar-refractivity contribution >= 4 is 23.2 Å². The highest BCUT2D eigenvalue weighted by atomic mass is 16.2. The number of hydrogen-bond acceptors (Lipinski definition) is 5. The van der Waals surface area contributed by atoms with Crippen molar-refractivity contribution in [3.05, 3.63) is 59.7 Å². The Morgan fingerprint density at radius 2 is 1.73 bits per heavy atom. The van der Waals surface area contributed by atoms with Crippen LogP contribution in [0.1, 0.15) is 30.0 Å². The second-order valence-electron chi connectivity index (χ2n) is 7.57. The minimum atomic E-state index is -0.777. The maximum Gasteiger partial charge on any atom is 0.313 e. The monoisotopic (exact) mass is 405 g/mol. The van der Waals surface area contributed by atoms with Crippen molar-refractivity contribution in [2.75, 3.05) is 43.9 Å². The quantitative estimate of drug-likeness (QED) is 0.721. The molecule has 2 N–H and O–H groups in total. The first kappa shape index (κ1) is 21.3. The number of rotatable bonds is 6. The molecule has 156 valence electrons. The van der Waals surface area contributed by atoms with Gasteiger partial charge in [0.2, 0.25) is 0 Å². The Labute approximate surface area is 177 Å². The van der Waals surface area contributed by atoms with E-state index in [1.165, 1.54) is 0 Å². The largest absolute Gasteiger partial charge is 0.378 e. The third kappa shape index (κ3) is 5.16. The third-order valence-electron chi connectivity index (χ3n) is 5.33. The molecule has 1 heterocycles. The molecule has 1 unspecified atom stereocenters. The van der Waals surface area contributed by atoms with Crippen LogP contribution in [-0.4, -0.2) is 50.4 Å². The van der Waals surface area contributed by atoms with Gasteiger partial charge < -0.3 is 15.5 Å². The molecule has 2 aromatic carbocycles. The van der Waals surface area contributed by atoms with Crippen molar-refractivity contribution in [3.63, 3.8) is 0 Å². The number of nitrogens with one attached hydrogen (secondary N) is 2.